The highest BCUT2D eigenvalue weighted by Crippen LogP contribution is 2.36. The minimum absolute atomic E-state index is 0.136. The van der Waals surface area contributed by atoms with Crippen LogP contribution >= 0.6 is 39.1 Å². The molecule has 0 radical (unpaired) electrons. The first-order valence-electron chi connectivity index (χ1n) is 6.51. The zero-order valence-electron chi connectivity index (χ0n) is 11.4. The van der Waals surface area contributed by atoms with E-state index in [1.165, 1.54) is 11.1 Å². The molecule has 4 heteroatoms. The van der Waals surface area contributed by atoms with Gasteiger partial charge in [-0.1, -0.05) is 70.3 Å². The van der Waals surface area contributed by atoms with Crippen LogP contribution in [0, 0.1) is 0 Å². The monoisotopic (exact) mass is 371 g/mol. The van der Waals surface area contributed by atoms with Gasteiger partial charge < -0.3 is 5.32 Å². The van der Waals surface area contributed by atoms with Crippen LogP contribution < -0.4 is 5.32 Å². The van der Waals surface area contributed by atoms with Gasteiger partial charge in [0, 0.05) is 10.5 Å². The van der Waals surface area contributed by atoms with E-state index < -0.39 is 0 Å². The van der Waals surface area contributed by atoms with E-state index in [-0.39, 0.29) is 6.04 Å². The van der Waals surface area contributed by atoms with Crippen LogP contribution in [-0.2, 0) is 6.42 Å². The van der Waals surface area contributed by atoms with Crippen molar-refractivity contribution in [2.75, 3.05) is 5.32 Å². The molecule has 2 aromatic rings. The first-order valence-corrected chi connectivity index (χ1v) is 8.06. The lowest BCUT2D eigenvalue weighted by Crippen LogP contribution is -2.07. The molecule has 2 aromatic carbocycles. The second-order valence-electron chi connectivity index (χ2n) is 4.71. The topological polar surface area (TPSA) is 12.0 Å². The van der Waals surface area contributed by atoms with E-state index >= 15 is 0 Å². The zero-order chi connectivity index (χ0) is 14.7. The molecule has 0 saturated heterocycles. The van der Waals surface area contributed by atoms with Gasteiger partial charge in [-0.2, -0.15) is 0 Å². The highest BCUT2D eigenvalue weighted by atomic mass is 79.9. The third kappa shape index (κ3) is 3.69. The molecule has 0 bridgehead atoms. The molecule has 0 aromatic heterocycles. The summed E-state index contributed by atoms with van der Waals surface area (Å²) in [4.78, 5) is 0. The van der Waals surface area contributed by atoms with Crippen molar-refractivity contribution in [1.82, 2.24) is 0 Å². The van der Waals surface area contributed by atoms with Gasteiger partial charge in [0.2, 0.25) is 0 Å². The quantitative estimate of drug-likeness (QED) is 0.646. The molecule has 0 spiro atoms. The fourth-order valence-corrected chi connectivity index (χ4v) is 3.34. The summed E-state index contributed by atoms with van der Waals surface area (Å²) in [6.07, 6.45) is 1.05. The Morgan fingerprint density at radius 3 is 2.15 bits per heavy atom. The summed E-state index contributed by atoms with van der Waals surface area (Å²) < 4.78 is 0.873. The van der Waals surface area contributed by atoms with Crippen molar-refractivity contribution in [3.8, 4) is 0 Å². The predicted molar refractivity (Wildman–Crippen MR) is 92.0 cm³/mol. The van der Waals surface area contributed by atoms with Crippen LogP contribution in [0.1, 0.15) is 31.0 Å². The standard InChI is InChI=1S/C16H16BrCl2N/c1-3-11-4-6-12(7-5-11)10(2)20-16-14(18)8-13(17)9-15(16)19/h4-10,20H,3H2,1-2H3. The summed E-state index contributed by atoms with van der Waals surface area (Å²) in [6, 6.07) is 12.4. The van der Waals surface area contributed by atoms with Crippen LogP contribution in [0.3, 0.4) is 0 Å². The Labute approximate surface area is 138 Å². The van der Waals surface area contributed by atoms with Crippen molar-refractivity contribution < 1.29 is 0 Å². The van der Waals surface area contributed by atoms with Crippen molar-refractivity contribution in [3.05, 3.63) is 62.0 Å². The molecule has 0 aliphatic carbocycles. The predicted octanol–water partition coefficient (Wildman–Crippen LogP) is 6.49. The Balaban J connectivity index is 2.20. The molecule has 1 N–H and O–H groups in total. The molecule has 0 aliphatic rings. The van der Waals surface area contributed by atoms with Crippen molar-refractivity contribution in [2.24, 2.45) is 0 Å². The molecule has 0 fully saturated rings. The maximum Gasteiger partial charge on any atom is 0.0724 e. The van der Waals surface area contributed by atoms with Gasteiger partial charge in [-0.25, -0.2) is 0 Å². The van der Waals surface area contributed by atoms with Gasteiger partial charge in [0.15, 0.2) is 0 Å². The minimum Gasteiger partial charge on any atom is -0.376 e. The number of hydrogen-bond acceptors (Lipinski definition) is 1. The van der Waals surface area contributed by atoms with Crippen molar-refractivity contribution in [2.45, 2.75) is 26.3 Å². The van der Waals surface area contributed by atoms with Crippen molar-refractivity contribution >= 4 is 44.8 Å². The Hall–Kier alpha value is -0.700. The summed E-state index contributed by atoms with van der Waals surface area (Å²) in [6.45, 7) is 4.24. The summed E-state index contributed by atoms with van der Waals surface area (Å²) in [5, 5.41) is 4.60. The second-order valence-corrected chi connectivity index (χ2v) is 6.44. The number of aryl methyl sites for hydroxylation is 1. The van der Waals surface area contributed by atoms with Crippen molar-refractivity contribution in [3.63, 3.8) is 0 Å². The molecular formula is C16H16BrCl2N. The van der Waals surface area contributed by atoms with E-state index in [0.29, 0.717) is 10.0 Å². The molecule has 2 rings (SSSR count). The van der Waals surface area contributed by atoms with Crippen LogP contribution in [0.25, 0.3) is 0 Å². The highest BCUT2D eigenvalue weighted by Gasteiger charge is 2.12. The average Bonchev–Trinajstić information content (AvgIpc) is 2.42. The van der Waals surface area contributed by atoms with Gasteiger partial charge in [-0.05, 0) is 36.6 Å². The van der Waals surface area contributed by atoms with Gasteiger partial charge in [0.05, 0.1) is 15.7 Å². The first kappa shape index (κ1) is 15.7. The molecule has 0 amide bonds. The molecule has 1 atom stereocenters. The van der Waals surface area contributed by atoms with Gasteiger partial charge >= 0.3 is 0 Å². The zero-order valence-corrected chi connectivity index (χ0v) is 14.5. The number of halogens is 3. The number of benzene rings is 2. The maximum absolute atomic E-state index is 6.24. The Morgan fingerprint density at radius 2 is 1.65 bits per heavy atom. The van der Waals surface area contributed by atoms with E-state index in [2.05, 4.69) is 59.4 Å². The summed E-state index contributed by atoms with van der Waals surface area (Å²) in [5.41, 5.74) is 3.31. The molecule has 0 aliphatic heterocycles. The van der Waals surface area contributed by atoms with Gasteiger partial charge in [-0.3, -0.25) is 0 Å². The number of nitrogens with one attached hydrogen (secondary N) is 1. The van der Waals surface area contributed by atoms with E-state index in [1.807, 2.05) is 12.1 Å². The average molecular weight is 373 g/mol. The third-order valence-electron chi connectivity index (χ3n) is 3.26. The number of hydrogen-bond donors (Lipinski definition) is 1. The van der Waals surface area contributed by atoms with Crippen LogP contribution in [0.2, 0.25) is 10.0 Å². The maximum atomic E-state index is 6.24. The van der Waals surface area contributed by atoms with E-state index in [0.717, 1.165) is 16.6 Å². The lowest BCUT2D eigenvalue weighted by atomic mass is 10.0. The van der Waals surface area contributed by atoms with E-state index in [9.17, 15) is 0 Å². The molecule has 0 saturated carbocycles. The third-order valence-corrected chi connectivity index (χ3v) is 4.31. The number of rotatable bonds is 4. The lowest BCUT2D eigenvalue weighted by molar-refractivity contribution is 0.883. The highest BCUT2D eigenvalue weighted by molar-refractivity contribution is 9.10. The molecule has 1 unspecified atom stereocenters. The first-order chi connectivity index (χ1) is 9.51. The van der Waals surface area contributed by atoms with Gasteiger partial charge in [0.25, 0.3) is 0 Å². The smallest absolute Gasteiger partial charge is 0.0724 e. The minimum atomic E-state index is 0.136. The summed E-state index contributed by atoms with van der Waals surface area (Å²) >= 11 is 15.9. The fraction of sp³-hybridized carbons (Fsp3) is 0.250. The molecule has 20 heavy (non-hydrogen) atoms. The normalized spacial score (nSPS) is 12.2. The van der Waals surface area contributed by atoms with Crippen LogP contribution in [0.5, 0.6) is 0 Å². The summed E-state index contributed by atoms with van der Waals surface area (Å²) in [5.74, 6) is 0. The van der Waals surface area contributed by atoms with E-state index in [1.54, 1.807) is 0 Å². The van der Waals surface area contributed by atoms with Crippen LogP contribution in [0.15, 0.2) is 40.9 Å². The van der Waals surface area contributed by atoms with Gasteiger partial charge in [-0.15, -0.1) is 0 Å². The molecular weight excluding hydrogens is 357 g/mol. The SMILES string of the molecule is CCc1ccc(C(C)Nc2c(Cl)cc(Br)cc2Cl)cc1. The Bertz CT molecular complexity index is 573. The summed E-state index contributed by atoms with van der Waals surface area (Å²) in [7, 11) is 0. The molecule has 0 heterocycles. The fourth-order valence-electron chi connectivity index (χ4n) is 2.02. The second kappa shape index (κ2) is 6.84. The Kier molecular flexibility index (Phi) is 5.36. The van der Waals surface area contributed by atoms with Crippen molar-refractivity contribution in [1.29, 1.82) is 0 Å². The molecule has 106 valence electrons. The molecule has 1 nitrogen and oxygen atoms in total. The lowest BCUT2D eigenvalue weighted by Gasteiger charge is -2.18. The van der Waals surface area contributed by atoms with Crippen LogP contribution in [-0.4, -0.2) is 0 Å². The number of anilines is 1. The van der Waals surface area contributed by atoms with Gasteiger partial charge in [0.1, 0.15) is 0 Å². The van der Waals surface area contributed by atoms with E-state index in [4.69, 9.17) is 23.2 Å². The largest absolute Gasteiger partial charge is 0.376 e. The van der Waals surface area contributed by atoms with Crippen LogP contribution in [0.4, 0.5) is 5.69 Å². The Morgan fingerprint density at radius 1 is 1.10 bits per heavy atom.